The molecule has 2 rings (SSSR count). The number of aldehydes is 1. The molecule has 1 aliphatic rings. The van der Waals surface area contributed by atoms with Crippen molar-refractivity contribution in [2.24, 2.45) is 5.41 Å². The van der Waals surface area contributed by atoms with Gasteiger partial charge in [0.05, 0.1) is 0 Å². The maximum atomic E-state index is 12.4. The monoisotopic (exact) mass is 335 g/mol. The van der Waals surface area contributed by atoms with Crippen LogP contribution in [0.15, 0.2) is 36.2 Å². The lowest BCUT2D eigenvalue weighted by atomic mass is 9.53. The number of thiol groups is 2. The number of carbonyl (C=O) groups is 3. The van der Waals surface area contributed by atoms with Crippen LogP contribution in [0.25, 0.3) is 0 Å². The molecule has 0 aliphatic heterocycles. The maximum Gasteiger partial charge on any atom is 0.201 e. The van der Waals surface area contributed by atoms with Gasteiger partial charge in [-0.25, -0.2) is 0 Å². The van der Waals surface area contributed by atoms with Crippen LogP contribution >= 0.6 is 25.3 Å². The minimum absolute atomic E-state index is 0.346. The molecule has 22 heavy (non-hydrogen) atoms. The lowest BCUT2D eigenvalue weighted by Gasteiger charge is -2.49. The second kappa shape index (κ2) is 6.38. The summed E-state index contributed by atoms with van der Waals surface area (Å²) < 4.78 is 0. The van der Waals surface area contributed by atoms with Gasteiger partial charge in [-0.15, -0.1) is 25.3 Å². The number of pyridine rings is 1. The van der Waals surface area contributed by atoms with E-state index in [1.54, 1.807) is 31.5 Å². The van der Waals surface area contributed by atoms with Crippen LogP contribution in [0.4, 0.5) is 0 Å². The molecule has 0 radical (unpaired) electrons. The molecule has 4 nitrogen and oxygen atoms in total. The van der Waals surface area contributed by atoms with Crippen LogP contribution in [0, 0.1) is 5.41 Å². The van der Waals surface area contributed by atoms with Gasteiger partial charge in [-0.2, -0.15) is 0 Å². The van der Waals surface area contributed by atoms with Gasteiger partial charge >= 0.3 is 0 Å². The average Bonchev–Trinajstić information content (AvgIpc) is 2.50. The minimum Gasteiger partial charge on any atom is -0.299 e. The number of rotatable bonds is 4. The van der Waals surface area contributed by atoms with Crippen molar-refractivity contribution in [3.05, 3.63) is 41.7 Å². The normalized spacial score (nSPS) is 25.7. The Kier molecular flexibility index (Phi) is 4.92. The van der Waals surface area contributed by atoms with E-state index in [4.69, 9.17) is 0 Å². The predicted molar refractivity (Wildman–Crippen MR) is 90.0 cm³/mol. The van der Waals surface area contributed by atoms with Gasteiger partial charge in [-0.1, -0.05) is 18.6 Å². The summed E-state index contributed by atoms with van der Waals surface area (Å²) in [5.74, 6) is 0. The SMILES string of the molecule is CC1(c2cccnc2)C(=CC=O)CCCC1(C(=O)S)C(=O)S. The lowest BCUT2D eigenvalue weighted by molar-refractivity contribution is -0.135. The van der Waals surface area contributed by atoms with Gasteiger partial charge in [-0.3, -0.25) is 19.4 Å². The molecule has 1 aromatic heterocycles. The fraction of sp³-hybridized carbons (Fsp3) is 0.375. The largest absolute Gasteiger partial charge is 0.299 e. The summed E-state index contributed by atoms with van der Waals surface area (Å²) >= 11 is 7.99. The van der Waals surface area contributed by atoms with Crippen molar-refractivity contribution < 1.29 is 14.4 Å². The van der Waals surface area contributed by atoms with Crippen molar-refractivity contribution in [2.75, 3.05) is 0 Å². The molecule has 116 valence electrons. The Labute approximate surface area is 140 Å². The van der Waals surface area contributed by atoms with Gasteiger partial charge in [0.25, 0.3) is 0 Å². The first-order valence-corrected chi connectivity index (χ1v) is 7.83. The average molecular weight is 335 g/mol. The van der Waals surface area contributed by atoms with Gasteiger partial charge in [0.2, 0.25) is 10.2 Å². The molecule has 0 amide bonds. The molecular formula is C16H17NO3S2. The number of aromatic nitrogens is 1. The molecular weight excluding hydrogens is 318 g/mol. The van der Waals surface area contributed by atoms with Crippen LogP contribution in [-0.4, -0.2) is 21.5 Å². The number of hydrogen-bond acceptors (Lipinski definition) is 4. The molecule has 1 aliphatic carbocycles. The van der Waals surface area contributed by atoms with Crippen molar-refractivity contribution >= 4 is 41.8 Å². The smallest absolute Gasteiger partial charge is 0.201 e. The number of carbonyl (C=O) groups excluding carboxylic acids is 3. The van der Waals surface area contributed by atoms with Crippen LogP contribution < -0.4 is 0 Å². The summed E-state index contributed by atoms with van der Waals surface area (Å²) in [6.45, 7) is 1.79. The van der Waals surface area contributed by atoms with Crippen LogP contribution in [0.5, 0.6) is 0 Å². The van der Waals surface area contributed by atoms with Crippen LogP contribution in [0.2, 0.25) is 0 Å². The van der Waals surface area contributed by atoms with Crippen LogP contribution in [0.1, 0.15) is 31.7 Å². The van der Waals surface area contributed by atoms with E-state index < -0.39 is 21.1 Å². The Bertz CT molecular complexity index is 628. The van der Waals surface area contributed by atoms with E-state index in [2.05, 4.69) is 30.2 Å². The number of hydrogen-bond donors (Lipinski definition) is 2. The lowest BCUT2D eigenvalue weighted by Crippen LogP contribution is -2.55. The topological polar surface area (TPSA) is 64.1 Å². The third kappa shape index (κ3) is 2.34. The van der Waals surface area contributed by atoms with E-state index in [0.717, 1.165) is 5.57 Å². The Morgan fingerprint density at radius 1 is 1.32 bits per heavy atom. The molecule has 1 heterocycles. The Morgan fingerprint density at radius 2 is 2.00 bits per heavy atom. The van der Waals surface area contributed by atoms with E-state index in [9.17, 15) is 14.4 Å². The fourth-order valence-electron chi connectivity index (χ4n) is 3.47. The van der Waals surface area contributed by atoms with Crippen molar-refractivity contribution in [2.45, 2.75) is 31.6 Å². The molecule has 0 bridgehead atoms. The van der Waals surface area contributed by atoms with Gasteiger partial charge in [0.1, 0.15) is 11.7 Å². The van der Waals surface area contributed by atoms with Gasteiger partial charge in [-0.05, 0) is 37.0 Å². The zero-order valence-corrected chi connectivity index (χ0v) is 13.9. The van der Waals surface area contributed by atoms with E-state index in [1.165, 1.54) is 6.08 Å². The first-order valence-electron chi connectivity index (χ1n) is 6.93. The molecule has 0 aromatic carbocycles. The highest BCUT2D eigenvalue weighted by atomic mass is 32.1. The van der Waals surface area contributed by atoms with Gasteiger partial charge in [0.15, 0.2) is 0 Å². The minimum atomic E-state index is -1.41. The molecule has 1 fully saturated rings. The molecule has 0 saturated heterocycles. The van der Waals surface area contributed by atoms with Gasteiger partial charge < -0.3 is 0 Å². The molecule has 1 unspecified atom stereocenters. The van der Waals surface area contributed by atoms with Crippen molar-refractivity contribution in [1.82, 2.24) is 4.98 Å². The number of nitrogens with zero attached hydrogens (tertiary/aromatic N) is 1. The molecule has 0 N–H and O–H groups in total. The summed E-state index contributed by atoms with van der Waals surface area (Å²) in [5, 5.41) is -1.06. The van der Waals surface area contributed by atoms with Crippen LogP contribution in [0.3, 0.4) is 0 Å². The third-order valence-corrected chi connectivity index (χ3v) is 5.50. The fourth-order valence-corrected chi connectivity index (χ4v) is 4.44. The second-order valence-corrected chi connectivity index (χ2v) is 6.38. The van der Waals surface area contributed by atoms with E-state index >= 15 is 0 Å². The Morgan fingerprint density at radius 3 is 2.50 bits per heavy atom. The number of allylic oxidation sites excluding steroid dienone is 2. The van der Waals surface area contributed by atoms with Crippen molar-refractivity contribution in [3.8, 4) is 0 Å². The summed E-state index contributed by atoms with van der Waals surface area (Å²) in [4.78, 5) is 39.9. The summed E-state index contributed by atoms with van der Waals surface area (Å²) in [7, 11) is 0. The van der Waals surface area contributed by atoms with E-state index in [-0.39, 0.29) is 0 Å². The molecule has 1 aromatic rings. The molecule has 1 atom stereocenters. The van der Waals surface area contributed by atoms with E-state index in [0.29, 0.717) is 31.1 Å². The summed E-state index contributed by atoms with van der Waals surface area (Å²) in [6, 6.07) is 3.55. The summed E-state index contributed by atoms with van der Waals surface area (Å²) in [5.41, 5.74) is -0.966. The van der Waals surface area contributed by atoms with Crippen molar-refractivity contribution in [1.29, 1.82) is 0 Å². The first-order chi connectivity index (χ1) is 10.4. The Balaban J connectivity index is 2.82. The zero-order valence-electron chi connectivity index (χ0n) is 12.2. The molecule has 6 heteroatoms. The quantitative estimate of drug-likeness (QED) is 0.384. The Hall–Kier alpha value is -1.40. The molecule has 1 saturated carbocycles. The van der Waals surface area contributed by atoms with Crippen molar-refractivity contribution in [3.63, 3.8) is 0 Å². The molecule has 0 spiro atoms. The van der Waals surface area contributed by atoms with Gasteiger partial charge in [0, 0.05) is 17.8 Å². The maximum absolute atomic E-state index is 12.4. The standard InChI is InChI=1S/C16H17NO3S2/c1-15(12-5-3-8-17-10-12)11(6-9-18)4-2-7-16(15,13(19)21)14(20)22/h3,5-6,8-10H,2,4,7H2,1H3,(H,19,21)(H,20,22). The third-order valence-electron chi connectivity index (χ3n) is 4.73. The zero-order chi connectivity index (χ0) is 16.4. The summed E-state index contributed by atoms with van der Waals surface area (Å²) in [6.07, 6.45) is 6.96. The predicted octanol–water partition coefficient (Wildman–Crippen LogP) is 2.55. The van der Waals surface area contributed by atoms with Crippen LogP contribution in [-0.2, 0) is 19.8 Å². The highest BCUT2D eigenvalue weighted by molar-refractivity contribution is 7.99. The van der Waals surface area contributed by atoms with E-state index in [1.807, 2.05) is 0 Å². The first kappa shape index (κ1) is 17.0. The second-order valence-electron chi connectivity index (χ2n) is 5.56. The highest BCUT2D eigenvalue weighted by Gasteiger charge is 2.60. The highest BCUT2D eigenvalue weighted by Crippen LogP contribution is 2.56.